The molecule has 0 fully saturated rings. The molecule has 18 heavy (non-hydrogen) atoms. The van der Waals surface area contributed by atoms with Crippen LogP contribution in [0, 0.1) is 11.3 Å². The Balaban J connectivity index is 3.25. The van der Waals surface area contributed by atoms with Gasteiger partial charge in [-0.2, -0.15) is 0 Å². The van der Waals surface area contributed by atoms with Crippen LogP contribution in [0.4, 0.5) is 0 Å². The Morgan fingerprint density at radius 2 is 2.06 bits per heavy atom. The van der Waals surface area contributed by atoms with Crippen LogP contribution in [0.3, 0.4) is 0 Å². The lowest BCUT2D eigenvalue weighted by atomic mass is 9.68. The first-order chi connectivity index (χ1) is 8.39. The Kier molecular flexibility index (Phi) is 5.25. The van der Waals surface area contributed by atoms with Crippen LogP contribution >= 0.6 is 0 Å². The van der Waals surface area contributed by atoms with Gasteiger partial charge >= 0.3 is 0 Å². The fourth-order valence-corrected chi connectivity index (χ4v) is 3.19. The standard InChI is InChI=1S/C17H27B/c1-6-8-14-10-13(3)11-17(4,5)12-15(9-7-2)16(14)18/h6-9,13H,1,10-12,18H2,2-5H3/b9-7+,14-8+,16-15+. The Morgan fingerprint density at radius 1 is 1.39 bits per heavy atom. The molecule has 0 aromatic rings. The molecule has 0 saturated carbocycles. The van der Waals surface area contributed by atoms with Crippen molar-refractivity contribution in [1.82, 2.24) is 0 Å². The molecule has 0 radical (unpaired) electrons. The molecule has 1 aliphatic rings. The predicted molar refractivity (Wildman–Crippen MR) is 85.5 cm³/mol. The van der Waals surface area contributed by atoms with E-state index in [1.54, 1.807) is 0 Å². The monoisotopic (exact) mass is 242 g/mol. The first-order valence-corrected chi connectivity index (χ1v) is 7.04. The van der Waals surface area contributed by atoms with Crippen molar-refractivity contribution in [2.45, 2.75) is 47.0 Å². The third kappa shape index (κ3) is 4.05. The van der Waals surface area contributed by atoms with Crippen molar-refractivity contribution in [3.63, 3.8) is 0 Å². The van der Waals surface area contributed by atoms with Crippen LogP contribution < -0.4 is 0 Å². The van der Waals surface area contributed by atoms with Gasteiger partial charge < -0.3 is 0 Å². The average Bonchev–Trinajstić information content (AvgIpc) is 2.24. The van der Waals surface area contributed by atoms with Crippen molar-refractivity contribution in [2.24, 2.45) is 11.3 Å². The highest BCUT2D eigenvalue weighted by Gasteiger charge is 2.26. The molecule has 1 atom stereocenters. The minimum absolute atomic E-state index is 0.398. The molecule has 0 aliphatic heterocycles. The van der Waals surface area contributed by atoms with E-state index in [9.17, 15) is 0 Å². The number of hydrogen-bond donors (Lipinski definition) is 0. The molecule has 98 valence electrons. The van der Waals surface area contributed by atoms with E-state index in [4.69, 9.17) is 0 Å². The SMILES string of the molecule is B/C1=C(\C=C\C)CC(C)(C)CC(C)C\C1=C/C=C. The fraction of sp³-hybridized carbons (Fsp3) is 0.529. The van der Waals surface area contributed by atoms with E-state index < -0.39 is 0 Å². The summed E-state index contributed by atoms with van der Waals surface area (Å²) in [5.41, 5.74) is 4.80. The minimum Gasteiger partial charge on any atom is -0.0991 e. The predicted octanol–water partition coefficient (Wildman–Crippen LogP) is 4.41. The highest BCUT2D eigenvalue weighted by Crippen LogP contribution is 2.39. The molecule has 1 heteroatoms. The maximum atomic E-state index is 3.85. The van der Waals surface area contributed by atoms with Crippen LogP contribution in [-0.4, -0.2) is 7.85 Å². The number of rotatable bonds is 2. The Bertz CT molecular complexity index is 394. The third-order valence-electron chi connectivity index (χ3n) is 3.79. The summed E-state index contributed by atoms with van der Waals surface area (Å²) in [5, 5.41) is 0. The van der Waals surface area contributed by atoms with Gasteiger partial charge in [0.05, 0.1) is 0 Å². The van der Waals surface area contributed by atoms with Gasteiger partial charge in [0.1, 0.15) is 7.85 Å². The topological polar surface area (TPSA) is 0 Å². The van der Waals surface area contributed by atoms with E-state index in [1.807, 2.05) is 6.08 Å². The van der Waals surface area contributed by atoms with Crippen LogP contribution in [0.2, 0.25) is 0 Å². The van der Waals surface area contributed by atoms with Crippen molar-refractivity contribution < 1.29 is 0 Å². The molecule has 1 aliphatic carbocycles. The first-order valence-electron chi connectivity index (χ1n) is 7.04. The zero-order valence-electron chi connectivity index (χ0n) is 12.7. The van der Waals surface area contributed by atoms with E-state index >= 15 is 0 Å². The lowest BCUT2D eigenvalue weighted by Gasteiger charge is -2.33. The van der Waals surface area contributed by atoms with Gasteiger partial charge in [0.25, 0.3) is 0 Å². The minimum atomic E-state index is 0.398. The van der Waals surface area contributed by atoms with Crippen LogP contribution in [0.15, 0.2) is 47.5 Å². The van der Waals surface area contributed by atoms with E-state index in [2.05, 4.69) is 60.3 Å². The van der Waals surface area contributed by atoms with Gasteiger partial charge in [-0.15, -0.1) is 0 Å². The van der Waals surface area contributed by atoms with Crippen LogP contribution in [0.5, 0.6) is 0 Å². The second-order valence-electron chi connectivity index (χ2n) is 6.43. The molecule has 0 heterocycles. The van der Waals surface area contributed by atoms with Gasteiger partial charge in [0.2, 0.25) is 0 Å². The molecule has 0 N–H and O–H groups in total. The van der Waals surface area contributed by atoms with Gasteiger partial charge in [0.15, 0.2) is 0 Å². The summed E-state index contributed by atoms with van der Waals surface area (Å²) in [6, 6.07) is 0. The van der Waals surface area contributed by atoms with Crippen LogP contribution in [0.1, 0.15) is 47.0 Å². The number of allylic oxidation sites excluding steroid dienone is 7. The molecule has 1 rings (SSSR count). The largest absolute Gasteiger partial charge is 0.140 e. The highest BCUT2D eigenvalue weighted by molar-refractivity contribution is 6.25. The Morgan fingerprint density at radius 3 is 2.61 bits per heavy atom. The molecule has 0 nitrogen and oxygen atoms in total. The van der Waals surface area contributed by atoms with Gasteiger partial charge in [-0.05, 0) is 37.5 Å². The summed E-state index contributed by atoms with van der Waals surface area (Å²) in [6.45, 7) is 13.1. The molecule has 0 aromatic carbocycles. The summed E-state index contributed by atoms with van der Waals surface area (Å²) in [7, 11) is 2.26. The Labute approximate surface area is 114 Å². The molecular weight excluding hydrogens is 215 g/mol. The van der Waals surface area contributed by atoms with Gasteiger partial charge in [0, 0.05) is 0 Å². The number of hydrogen-bond acceptors (Lipinski definition) is 0. The summed E-state index contributed by atoms with van der Waals surface area (Å²) >= 11 is 0. The highest BCUT2D eigenvalue weighted by atomic mass is 14.3. The normalized spacial score (nSPS) is 31.3. The van der Waals surface area contributed by atoms with Gasteiger partial charge in [-0.25, -0.2) is 0 Å². The smallest absolute Gasteiger partial charge is 0.0991 e. The summed E-state index contributed by atoms with van der Waals surface area (Å²) in [6.07, 6.45) is 12.2. The molecular formula is C17H27B. The van der Waals surface area contributed by atoms with E-state index in [0.29, 0.717) is 5.41 Å². The molecule has 1 unspecified atom stereocenters. The first kappa shape index (κ1) is 15.1. The van der Waals surface area contributed by atoms with E-state index in [1.165, 1.54) is 35.9 Å². The zero-order chi connectivity index (χ0) is 13.8. The second kappa shape index (κ2) is 6.27. The maximum Gasteiger partial charge on any atom is 0.140 e. The third-order valence-corrected chi connectivity index (χ3v) is 3.79. The maximum absolute atomic E-state index is 3.85. The lowest BCUT2D eigenvalue weighted by molar-refractivity contribution is 0.271. The van der Waals surface area contributed by atoms with Crippen molar-refractivity contribution in [3.8, 4) is 0 Å². The van der Waals surface area contributed by atoms with Gasteiger partial charge in [-0.3, -0.25) is 0 Å². The second-order valence-corrected chi connectivity index (χ2v) is 6.43. The molecule has 0 amide bonds. The summed E-state index contributed by atoms with van der Waals surface area (Å²) in [4.78, 5) is 0. The van der Waals surface area contributed by atoms with Crippen molar-refractivity contribution in [1.29, 1.82) is 0 Å². The van der Waals surface area contributed by atoms with Crippen LogP contribution in [-0.2, 0) is 0 Å². The zero-order valence-corrected chi connectivity index (χ0v) is 12.7. The van der Waals surface area contributed by atoms with Gasteiger partial charge in [-0.1, -0.05) is 68.3 Å². The average molecular weight is 242 g/mol. The van der Waals surface area contributed by atoms with Crippen molar-refractivity contribution >= 4 is 7.85 Å². The summed E-state index contributed by atoms with van der Waals surface area (Å²) in [5.74, 6) is 0.744. The molecule has 0 aromatic heterocycles. The van der Waals surface area contributed by atoms with E-state index in [0.717, 1.165) is 5.92 Å². The van der Waals surface area contributed by atoms with Crippen molar-refractivity contribution in [2.75, 3.05) is 0 Å². The van der Waals surface area contributed by atoms with Crippen LogP contribution in [0.25, 0.3) is 0 Å². The Hall–Kier alpha value is -0.975. The molecule has 0 saturated heterocycles. The summed E-state index contributed by atoms with van der Waals surface area (Å²) < 4.78 is 0. The molecule has 0 spiro atoms. The lowest BCUT2D eigenvalue weighted by Crippen LogP contribution is -2.20. The quantitative estimate of drug-likeness (QED) is 0.629. The van der Waals surface area contributed by atoms with E-state index in [-0.39, 0.29) is 0 Å². The fourth-order valence-electron chi connectivity index (χ4n) is 3.19. The van der Waals surface area contributed by atoms with Crippen molar-refractivity contribution in [3.05, 3.63) is 47.5 Å². The molecule has 0 bridgehead atoms.